The largest absolute Gasteiger partial charge is 0.309 e. The van der Waals surface area contributed by atoms with Gasteiger partial charge in [0, 0.05) is 37.7 Å². The van der Waals surface area contributed by atoms with Crippen LogP contribution in [0, 0.1) is 0 Å². The van der Waals surface area contributed by atoms with E-state index in [1.165, 1.54) is 11.2 Å². The zero-order valence-electron chi connectivity index (χ0n) is 12.0. The van der Waals surface area contributed by atoms with E-state index in [0.29, 0.717) is 18.8 Å². The van der Waals surface area contributed by atoms with Crippen LogP contribution in [-0.4, -0.2) is 35.4 Å². The number of H-pyrrole nitrogens is 1. The number of aromatic amines is 1. The second-order valence-corrected chi connectivity index (χ2v) is 7.05. The van der Waals surface area contributed by atoms with Crippen LogP contribution in [0.4, 0.5) is 5.82 Å². The molecule has 0 bridgehead atoms. The quantitative estimate of drug-likeness (QED) is 0.886. The van der Waals surface area contributed by atoms with Crippen molar-refractivity contribution in [2.24, 2.45) is 0 Å². The summed E-state index contributed by atoms with van der Waals surface area (Å²) in [6.07, 6.45) is 0.536. The number of nitrogens with one attached hydrogen (secondary N) is 2. The van der Waals surface area contributed by atoms with Gasteiger partial charge in [0.2, 0.25) is 15.9 Å². The Bertz CT molecular complexity index is 799. The maximum atomic E-state index is 12.7. The highest BCUT2D eigenvalue weighted by atomic mass is 32.2. The molecule has 0 unspecified atom stereocenters. The van der Waals surface area contributed by atoms with Crippen molar-refractivity contribution >= 4 is 21.7 Å². The van der Waals surface area contributed by atoms with E-state index in [9.17, 15) is 13.2 Å². The summed E-state index contributed by atoms with van der Waals surface area (Å²) >= 11 is 0. The number of amides is 1. The van der Waals surface area contributed by atoms with E-state index in [2.05, 4.69) is 15.5 Å². The van der Waals surface area contributed by atoms with Crippen LogP contribution in [-0.2, 0) is 27.8 Å². The first kappa shape index (κ1) is 14.7. The lowest BCUT2D eigenvalue weighted by atomic mass is 10.1. The molecule has 0 fully saturated rings. The predicted molar refractivity (Wildman–Crippen MR) is 80.6 cm³/mol. The van der Waals surface area contributed by atoms with Gasteiger partial charge < -0.3 is 5.32 Å². The fourth-order valence-corrected chi connectivity index (χ4v) is 3.92. The molecule has 2 heterocycles. The van der Waals surface area contributed by atoms with Crippen molar-refractivity contribution in [3.63, 3.8) is 0 Å². The van der Waals surface area contributed by atoms with Gasteiger partial charge in [0.05, 0.1) is 4.90 Å². The van der Waals surface area contributed by atoms with Crippen LogP contribution in [0.2, 0.25) is 0 Å². The molecule has 116 valence electrons. The Morgan fingerprint density at radius 3 is 2.73 bits per heavy atom. The van der Waals surface area contributed by atoms with Gasteiger partial charge in [0.25, 0.3) is 0 Å². The van der Waals surface area contributed by atoms with E-state index in [4.69, 9.17) is 0 Å². The predicted octanol–water partition coefficient (Wildman–Crippen LogP) is 1.12. The van der Waals surface area contributed by atoms with Gasteiger partial charge in [-0.3, -0.25) is 9.89 Å². The van der Waals surface area contributed by atoms with Gasteiger partial charge in [0.15, 0.2) is 5.82 Å². The molecule has 1 aromatic carbocycles. The number of hydrogen-bond acceptors (Lipinski definition) is 4. The van der Waals surface area contributed by atoms with E-state index < -0.39 is 10.0 Å². The molecule has 22 heavy (non-hydrogen) atoms. The van der Waals surface area contributed by atoms with Crippen LogP contribution in [0.1, 0.15) is 18.2 Å². The molecule has 0 aliphatic carbocycles. The lowest BCUT2D eigenvalue weighted by molar-refractivity contribution is -0.114. The average Bonchev–Trinajstić information content (AvgIpc) is 2.90. The number of anilines is 1. The minimum Gasteiger partial charge on any atom is -0.309 e. The highest BCUT2D eigenvalue weighted by Crippen LogP contribution is 2.27. The first-order valence-corrected chi connectivity index (χ1v) is 8.31. The molecular formula is C14H16N4O3S. The minimum atomic E-state index is -3.55. The van der Waals surface area contributed by atoms with Gasteiger partial charge in [-0.25, -0.2) is 8.42 Å². The fraction of sp³-hybridized carbons (Fsp3) is 0.286. The molecule has 2 N–H and O–H groups in total. The van der Waals surface area contributed by atoms with Gasteiger partial charge in [-0.2, -0.15) is 9.40 Å². The molecule has 1 amide bonds. The van der Waals surface area contributed by atoms with Crippen LogP contribution in [0.5, 0.6) is 0 Å². The van der Waals surface area contributed by atoms with E-state index in [0.717, 1.165) is 11.3 Å². The number of carbonyl (C=O) groups excluding carboxylic acids is 1. The van der Waals surface area contributed by atoms with E-state index >= 15 is 0 Å². The summed E-state index contributed by atoms with van der Waals surface area (Å²) in [4.78, 5) is 11.5. The number of nitrogens with zero attached hydrogens (tertiary/aromatic N) is 2. The number of carbonyl (C=O) groups is 1. The summed E-state index contributed by atoms with van der Waals surface area (Å²) in [7, 11) is -3.55. The van der Waals surface area contributed by atoms with Gasteiger partial charge in [0.1, 0.15) is 0 Å². The SMILES string of the molecule is CC(=O)Nc1n[nH]c2c1CN(S(=O)(=O)c1ccccc1)CC2. The van der Waals surface area contributed by atoms with Crippen LogP contribution in [0.25, 0.3) is 0 Å². The molecule has 1 aliphatic heterocycles. The first-order chi connectivity index (χ1) is 10.5. The number of hydrogen-bond donors (Lipinski definition) is 2. The summed E-state index contributed by atoms with van der Waals surface area (Å²) in [6, 6.07) is 8.33. The lowest BCUT2D eigenvalue weighted by Gasteiger charge is -2.26. The maximum Gasteiger partial charge on any atom is 0.243 e. The second-order valence-electron chi connectivity index (χ2n) is 5.11. The standard InChI is InChI=1S/C14H16N4O3S/c1-10(19)15-14-12-9-18(8-7-13(12)16-17-14)22(20,21)11-5-3-2-4-6-11/h2-6H,7-9H2,1H3,(H2,15,16,17,19). The molecule has 1 aliphatic rings. The molecule has 0 spiro atoms. The van der Waals surface area contributed by atoms with Gasteiger partial charge in [-0.1, -0.05) is 18.2 Å². The third-order valence-electron chi connectivity index (χ3n) is 3.57. The third-order valence-corrected chi connectivity index (χ3v) is 5.43. The average molecular weight is 320 g/mol. The molecule has 7 nitrogen and oxygen atoms in total. The number of benzene rings is 1. The minimum absolute atomic E-state index is 0.193. The van der Waals surface area contributed by atoms with Gasteiger partial charge in [-0.05, 0) is 12.1 Å². The van der Waals surface area contributed by atoms with Crippen molar-refractivity contribution in [1.82, 2.24) is 14.5 Å². The molecule has 3 rings (SSSR count). The monoisotopic (exact) mass is 320 g/mol. The topological polar surface area (TPSA) is 95.2 Å². The Balaban J connectivity index is 1.91. The smallest absolute Gasteiger partial charge is 0.243 e. The zero-order chi connectivity index (χ0) is 15.7. The first-order valence-electron chi connectivity index (χ1n) is 6.87. The molecular weight excluding hydrogens is 304 g/mol. The van der Waals surface area contributed by atoms with E-state index in [1.54, 1.807) is 30.3 Å². The number of sulfonamides is 1. The molecule has 1 aromatic heterocycles. The molecule has 0 saturated heterocycles. The van der Waals surface area contributed by atoms with Crippen LogP contribution >= 0.6 is 0 Å². The number of aromatic nitrogens is 2. The zero-order valence-corrected chi connectivity index (χ0v) is 12.9. The van der Waals surface area contributed by atoms with Crippen molar-refractivity contribution in [2.45, 2.75) is 24.8 Å². The molecule has 0 atom stereocenters. The van der Waals surface area contributed by atoms with Crippen LogP contribution in [0.15, 0.2) is 35.2 Å². The maximum absolute atomic E-state index is 12.7. The Hall–Kier alpha value is -2.19. The highest BCUT2D eigenvalue weighted by molar-refractivity contribution is 7.89. The van der Waals surface area contributed by atoms with Crippen LogP contribution in [0.3, 0.4) is 0 Å². The molecule has 2 aromatic rings. The fourth-order valence-electron chi connectivity index (χ4n) is 2.49. The molecule has 8 heteroatoms. The van der Waals surface area contributed by atoms with Crippen molar-refractivity contribution in [1.29, 1.82) is 0 Å². The second kappa shape index (κ2) is 5.54. The van der Waals surface area contributed by atoms with Crippen molar-refractivity contribution in [3.8, 4) is 0 Å². The van der Waals surface area contributed by atoms with Crippen molar-refractivity contribution < 1.29 is 13.2 Å². The van der Waals surface area contributed by atoms with Crippen LogP contribution < -0.4 is 5.32 Å². The van der Waals surface area contributed by atoms with Gasteiger partial charge >= 0.3 is 0 Å². The summed E-state index contributed by atoms with van der Waals surface area (Å²) in [5, 5.41) is 9.53. The summed E-state index contributed by atoms with van der Waals surface area (Å²) in [6.45, 7) is 1.97. The highest BCUT2D eigenvalue weighted by Gasteiger charge is 2.31. The van der Waals surface area contributed by atoms with Crippen molar-refractivity contribution in [2.75, 3.05) is 11.9 Å². The third kappa shape index (κ3) is 2.62. The normalized spacial score (nSPS) is 15.3. The molecule has 0 saturated carbocycles. The number of rotatable bonds is 3. The number of fused-ring (bicyclic) bond motifs is 1. The van der Waals surface area contributed by atoms with E-state index in [-0.39, 0.29) is 17.3 Å². The Morgan fingerprint density at radius 2 is 2.05 bits per heavy atom. The lowest BCUT2D eigenvalue weighted by Crippen LogP contribution is -2.36. The summed E-state index contributed by atoms with van der Waals surface area (Å²) in [5.74, 6) is 0.160. The Labute approximate surface area is 128 Å². The Morgan fingerprint density at radius 1 is 1.32 bits per heavy atom. The van der Waals surface area contributed by atoms with Crippen molar-refractivity contribution in [3.05, 3.63) is 41.6 Å². The summed E-state index contributed by atoms with van der Waals surface area (Å²) in [5.41, 5.74) is 1.59. The Kier molecular flexibility index (Phi) is 3.71. The summed E-state index contributed by atoms with van der Waals surface area (Å²) < 4.78 is 26.7. The van der Waals surface area contributed by atoms with Gasteiger partial charge in [-0.15, -0.1) is 0 Å². The van der Waals surface area contributed by atoms with E-state index in [1.807, 2.05) is 0 Å². The molecule has 0 radical (unpaired) electrons.